The fourth-order valence-corrected chi connectivity index (χ4v) is 7.40. The monoisotopic (exact) mass is 870 g/mol. The van der Waals surface area contributed by atoms with Gasteiger partial charge in [-0.1, -0.05) is 47.7 Å². The number of aromatic nitrogens is 3. The topological polar surface area (TPSA) is 271 Å². The largest absolute Gasteiger partial charge is 0.481 e. The van der Waals surface area contributed by atoms with Crippen LogP contribution in [0.1, 0.15) is 81.9 Å². The number of halogens is 1. The van der Waals surface area contributed by atoms with Crippen molar-refractivity contribution in [3.8, 4) is 0 Å². The fourth-order valence-electron chi connectivity index (χ4n) is 7.15. The highest BCUT2D eigenvalue weighted by Gasteiger charge is 2.30. The molecule has 1 aliphatic rings. The number of aryl methyl sites for hydroxylation is 2. The van der Waals surface area contributed by atoms with Gasteiger partial charge in [-0.25, -0.2) is 14.4 Å². The van der Waals surface area contributed by atoms with Gasteiger partial charge in [-0.05, 0) is 86.5 Å². The summed E-state index contributed by atoms with van der Waals surface area (Å²) in [6.07, 6.45) is 5.83. The number of urea groups is 1. The molecule has 3 unspecified atom stereocenters. The van der Waals surface area contributed by atoms with E-state index >= 15 is 0 Å². The molecule has 3 atom stereocenters. The molecular weight excluding hydrogens is 816 g/mol. The van der Waals surface area contributed by atoms with Gasteiger partial charge < -0.3 is 41.9 Å². The van der Waals surface area contributed by atoms with Crippen LogP contribution in [-0.2, 0) is 48.2 Å². The highest BCUT2D eigenvalue weighted by molar-refractivity contribution is 7.94. The highest BCUT2D eigenvalue weighted by Crippen LogP contribution is 2.29. The number of unbranched alkanes of at least 4 members (excludes halogenated alkanes) is 1. The summed E-state index contributed by atoms with van der Waals surface area (Å²) in [6, 6.07) is 8.77. The number of nitrogens with one attached hydrogen (secondary N) is 5. The van der Waals surface area contributed by atoms with Crippen molar-refractivity contribution in [2.24, 2.45) is 11.8 Å². The Labute approximate surface area is 356 Å². The molecule has 0 saturated heterocycles. The van der Waals surface area contributed by atoms with Crippen molar-refractivity contribution in [1.82, 2.24) is 41.6 Å². The second-order valence-corrected chi connectivity index (χ2v) is 15.9. The molecule has 20 heteroatoms. The van der Waals surface area contributed by atoms with E-state index in [4.69, 9.17) is 5.11 Å². The van der Waals surface area contributed by atoms with Gasteiger partial charge in [0.2, 0.25) is 17.7 Å². The third kappa shape index (κ3) is 17.0. The summed E-state index contributed by atoms with van der Waals surface area (Å²) in [7, 11) is 0. The number of carboxylic acids is 3. The van der Waals surface area contributed by atoms with Gasteiger partial charge in [0.15, 0.2) is 0 Å². The Morgan fingerprint density at radius 3 is 2.20 bits per heavy atom. The number of benzene rings is 2. The molecule has 5 amide bonds. The fraction of sp³-hybridized carbons (Fsp3) is 0.537. The lowest BCUT2D eigenvalue weighted by molar-refractivity contribution is -0.141. The predicted octanol–water partition coefficient (Wildman–Crippen LogP) is 3.38. The molecule has 1 heterocycles. The van der Waals surface area contributed by atoms with Crippen LogP contribution >= 0.6 is 12.1 Å². The second-order valence-electron chi connectivity index (χ2n) is 15.2. The molecule has 1 fully saturated rings. The van der Waals surface area contributed by atoms with Crippen LogP contribution in [0.2, 0.25) is 0 Å². The van der Waals surface area contributed by atoms with Crippen molar-refractivity contribution >= 4 is 64.6 Å². The van der Waals surface area contributed by atoms with Crippen molar-refractivity contribution in [2.75, 3.05) is 18.8 Å². The number of carbonyl (C=O) groups excluding carboxylic acids is 4. The standard InChI is InChI=1S/C41H55FN8O10S/c42-61-21-20-50-25-31(48-49-50)8-5-10-35(51)44-24-26-11-15-29(16-12-26)37(54)45-34(23-27-13-14-28-6-1-2-7-30(28)22-27)38(55)43-19-4-3-9-32(39(56)57)46-41(60)47-33(40(58)59)17-18-36(52)53/h1-2,6-7,13-14,22,25-26,29,32-34H,3-5,8-12,15-21,23-24H2,(H,43,55)(H,44,51)(H,45,54)(H,52,53)(H,56,57)(H,58,59)(H2,46,47,60). The summed E-state index contributed by atoms with van der Waals surface area (Å²) >= 11 is 0.243. The molecule has 8 N–H and O–H groups in total. The molecule has 4 rings (SSSR count). The first-order chi connectivity index (χ1) is 29.3. The first kappa shape index (κ1) is 47.9. The van der Waals surface area contributed by atoms with Crippen LogP contribution in [0.3, 0.4) is 0 Å². The molecule has 1 aromatic heterocycles. The van der Waals surface area contributed by atoms with Crippen LogP contribution in [-0.4, -0.2) is 109 Å². The van der Waals surface area contributed by atoms with Gasteiger partial charge in [-0.3, -0.25) is 23.9 Å². The van der Waals surface area contributed by atoms with Crippen LogP contribution in [0.5, 0.6) is 0 Å². The number of amides is 5. The van der Waals surface area contributed by atoms with Crippen molar-refractivity contribution in [3.63, 3.8) is 0 Å². The molecule has 2 aromatic carbocycles. The lowest BCUT2D eigenvalue weighted by atomic mass is 9.81. The van der Waals surface area contributed by atoms with E-state index < -0.39 is 54.4 Å². The summed E-state index contributed by atoms with van der Waals surface area (Å²) in [5.41, 5.74) is 1.60. The number of nitrogens with zero attached hydrogens (tertiary/aromatic N) is 3. The van der Waals surface area contributed by atoms with Crippen molar-refractivity contribution in [3.05, 3.63) is 59.9 Å². The van der Waals surface area contributed by atoms with Gasteiger partial charge in [0.1, 0.15) is 18.1 Å². The average Bonchev–Trinajstić information content (AvgIpc) is 3.69. The first-order valence-electron chi connectivity index (χ1n) is 20.5. The summed E-state index contributed by atoms with van der Waals surface area (Å²) in [5, 5.41) is 50.9. The third-order valence-corrected chi connectivity index (χ3v) is 10.9. The zero-order valence-corrected chi connectivity index (χ0v) is 34.7. The number of hydrogen-bond acceptors (Lipinski definition) is 10. The van der Waals surface area contributed by atoms with Gasteiger partial charge in [0.05, 0.1) is 12.2 Å². The van der Waals surface area contributed by atoms with Crippen molar-refractivity contribution in [2.45, 2.75) is 108 Å². The third-order valence-electron chi connectivity index (χ3n) is 10.6. The zero-order valence-electron chi connectivity index (χ0n) is 33.9. The van der Waals surface area contributed by atoms with E-state index in [1.165, 1.54) is 0 Å². The molecular formula is C41H55FN8O10S. The number of aliphatic carboxylic acids is 3. The van der Waals surface area contributed by atoms with Crippen molar-refractivity contribution < 1.29 is 52.8 Å². The summed E-state index contributed by atoms with van der Waals surface area (Å²) in [5.74, 6) is -4.57. The van der Waals surface area contributed by atoms with Gasteiger partial charge in [0, 0.05) is 62.4 Å². The van der Waals surface area contributed by atoms with E-state index in [-0.39, 0.29) is 68.0 Å². The van der Waals surface area contributed by atoms with Gasteiger partial charge >= 0.3 is 23.9 Å². The number of carboxylic acid groups (broad SMARTS) is 3. The average molecular weight is 871 g/mol. The predicted molar refractivity (Wildman–Crippen MR) is 223 cm³/mol. The SMILES string of the molecule is O=C(O)CCC(NC(=O)NC(CCCCNC(=O)C(Cc1ccc2ccccc2c1)NC(=O)C1CCC(CNC(=O)CCCc2cn(CCSF)nn2)CC1)C(=O)O)C(=O)O. The summed E-state index contributed by atoms with van der Waals surface area (Å²) < 4.78 is 13.9. The van der Waals surface area contributed by atoms with Crippen LogP contribution in [0, 0.1) is 11.8 Å². The minimum Gasteiger partial charge on any atom is -0.481 e. The molecule has 0 radical (unpaired) electrons. The first-order valence-corrected chi connectivity index (χ1v) is 21.4. The molecule has 0 aliphatic heterocycles. The number of carbonyl (C=O) groups is 7. The Morgan fingerprint density at radius 2 is 1.51 bits per heavy atom. The molecule has 3 aromatic rings. The molecule has 61 heavy (non-hydrogen) atoms. The van der Waals surface area contributed by atoms with Crippen molar-refractivity contribution in [1.29, 1.82) is 0 Å². The number of hydrogen-bond donors (Lipinski definition) is 8. The molecule has 1 aliphatic carbocycles. The Bertz CT molecular complexity index is 1960. The van der Waals surface area contributed by atoms with E-state index in [1.54, 1.807) is 10.9 Å². The maximum absolute atomic E-state index is 13.6. The smallest absolute Gasteiger partial charge is 0.326 e. The summed E-state index contributed by atoms with van der Waals surface area (Å²) in [6.45, 7) is 1.08. The molecule has 332 valence electrons. The van der Waals surface area contributed by atoms with E-state index in [0.717, 1.165) is 34.9 Å². The lowest BCUT2D eigenvalue weighted by Gasteiger charge is -2.29. The van der Waals surface area contributed by atoms with Gasteiger partial charge in [-0.2, -0.15) is 3.89 Å². The quantitative estimate of drug-likeness (QED) is 0.0539. The molecule has 0 spiro atoms. The Balaban J connectivity index is 1.23. The van der Waals surface area contributed by atoms with Crippen LogP contribution in [0.4, 0.5) is 8.68 Å². The zero-order chi connectivity index (χ0) is 44.1. The van der Waals surface area contributed by atoms with E-state index in [0.29, 0.717) is 57.4 Å². The minimum atomic E-state index is -1.52. The van der Waals surface area contributed by atoms with Crippen LogP contribution in [0.15, 0.2) is 48.7 Å². The molecule has 0 bridgehead atoms. The normalized spacial score (nSPS) is 16.4. The number of rotatable bonds is 26. The van der Waals surface area contributed by atoms with E-state index in [2.05, 4.69) is 36.9 Å². The van der Waals surface area contributed by atoms with Crippen LogP contribution in [0.25, 0.3) is 10.8 Å². The van der Waals surface area contributed by atoms with Gasteiger partial charge in [-0.15, -0.1) is 5.10 Å². The maximum atomic E-state index is 13.6. The Kier molecular flexibility index (Phi) is 19.7. The molecule has 1 saturated carbocycles. The molecule has 18 nitrogen and oxygen atoms in total. The van der Waals surface area contributed by atoms with Crippen LogP contribution < -0.4 is 26.6 Å². The second kappa shape index (κ2) is 25.1. The Morgan fingerprint density at radius 1 is 0.803 bits per heavy atom. The Hall–Kier alpha value is -5.79. The maximum Gasteiger partial charge on any atom is 0.326 e. The van der Waals surface area contributed by atoms with Gasteiger partial charge in [0.25, 0.3) is 0 Å². The summed E-state index contributed by atoms with van der Waals surface area (Å²) in [4.78, 5) is 86.1. The minimum absolute atomic E-state index is 0.0380. The van der Waals surface area contributed by atoms with E-state index in [9.17, 15) is 47.7 Å². The highest BCUT2D eigenvalue weighted by atomic mass is 32.2. The lowest BCUT2D eigenvalue weighted by Crippen LogP contribution is -2.51. The van der Waals surface area contributed by atoms with E-state index in [1.807, 2.05) is 42.5 Å². The number of fused-ring (bicyclic) bond motifs is 1.